The number of nitrogens with zero attached hydrogens (tertiary/aromatic N) is 2. The molecule has 0 saturated carbocycles. The summed E-state index contributed by atoms with van der Waals surface area (Å²) in [6.07, 6.45) is 2.33. The number of rotatable bonds is 3. The molecular weight excluding hydrogens is 284 g/mol. The predicted octanol–water partition coefficient (Wildman–Crippen LogP) is 2.42. The molecule has 1 fully saturated rings. The second-order valence-corrected chi connectivity index (χ2v) is 6.41. The highest BCUT2D eigenvalue weighted by atomic mass is 16.6. The van der Waals surface area contributed by atoms with E-state index >= 15 is 0 Å². The van der Waals surface area contributed by atoms with E-state index in [1.165, 1.54) is 12.1 Å². The fourth-order valence-electron chi connectivity index (χ4n) is 3.09. The van der Waals surface area contributed by atoms with E-state index in [-0.39, 0.29) is 5.69 Å². The van der Waals surface area contributed by atoms with Gasteiger partial charge in [-0.05, 0) is 18.1 Å². The average Bonchev–Trinajstić information content (AvgIpc) is 2.44. The van der Waals surface area contributed by atoms with Crippen molar-refractivity contribution in [1.29, 1.82) is 0 Å². The summed E-state index contributed by atoms with van der Waals surface area (Å²) >= 11 is 0. The molecular formula is C16H20N2O4. The third-order valence-corrected chi connectivity index (χ3v) is 4.10. The Morgan fingerprint density at radius 1 is 1.50 bits per heavy atom. The highest BCUT2D eigenvalue weighted by molar-refractivity contribution is 5.67. The summed E-state index contributed by atoms with van der Waals surface area (Å²) in [6.45, 7) is 6.66. The fraction of sp³-hybridized carbons (Fsp3) is 0.500. The first kappa shape index (κ1) is 15.0. The number of benzene rings is 1. The number of aliphatic hydroxyl groups is 1. The third-order valence-electron chi connectivity index (χ3n) is 4.10. The van der Waals surface area contributed by atoms with Crippen molar-refractivity contribution >= 4 is 11.8 Å². The van der Waals surface area contributed by atoms with Crippen molar-refractivity contribution in [1.82, 2.24) is 4.90 Å². The first-order valence-corrected chi connectivity index (χ1v) is 7.50. The topological polar surface area (TPSA) is 75.8 Å². The van der Waals surface area contributed by atoms with Crippen LogP contribution in [-0.2, 0) is 0 Å². The summed E-state index contributed by atoms with van der Waals surface area (Å²) in [7, 11) is 0. The molecule has 6 nitrogen and oxygen atoms in total. The summed E-state index contributed by atoms with van der Waals surface area (Å²) in [5.41, 5.74) is 1.45. The van der Waals surface area contributed by atoms with Crippen molar-refractivity contribution in [3.8, 4) is 5.75 Å². The van der Waals surface area contributed by atoms with Gasteiger partial charge in [0, 0.05) is 49.3 Å². The van der Waals surface area contributed by atoms with E-state index in [9.17, 15) is 15.2 Å². The normalized spacial score (nSPS) is 24.3. The van der Waals surface area contributed by atoms with E-state index in [0.717, 1.165) is 18.7 Å². The van der Waals surface area contributed by atoms with Crippen molar-refractivity contribution in [2.75, 3.05) is 19.6 Å². The van der Waals surface area contributed by atoms with E-state index in [2.05, 4.69) is 18.7 Å². The smallest absolute Gasteiger partial charge is 0.270 e. The van der Waals surface area contributed by atoms with Crippen LogP contribution >= 0.6 is 0 Å². The van der Waals surface area contributed by atoms with Gasteiger partial charge in [-0.2, -0.15) is 0 Å². The lowest BCUT2D eigenvalue weighted by Crippen LogP contribution is -2.51. The molecule has 0 aromatic heterocycles. The van der Waals surface area contributed by atoms with Crippen LogP contribution in [0.4, 0.5) is 5.69 Å². The van der Waals surface area contributed by atoms with Gasteiger partial charge in [-0.15, -0.1) is 0 Å². The number of ether oxygens (including phenoxy) is 1. The average molecular weight is 304 g/mol. The molecule has 0 unspecified atom stereocenters. The van der Waals surface area contributed by atoms with Crippen LogP contribution in [0.3, 0.4) is 0 Å². The maximum Gasteiger partial charge on any atom is 0.270 e. The molecule has 0 amide bonds. The zero-order valence-electron chi connectivity index (χ0n) is 12.8. The van der Waals surface area contributed by atoms with Crippen molar-refractivity contribution in [3.05, 3.63) is 39.4 Å². The largest absolute Gasteiger partial charge is 0.458 e. The van der Waals surface area contributed by atoms with Crippen LogP contribution in [0.15, 0.2) is 23.8 Å². The van der Waals surface area contributed by atoms with E-state index in [1.807, 2.05) is 6.08 Å². The zero-order chi connectivity index (χ0) is 15.9. The molecule has 1 N–H and O–H groups in total. The van der Waals surface area contributed by atoms with Gasteiger partial charge in [0.2, 0.25) is 5.79 Å². The Morgan fingerprint density at radius 3 is 2.95 bits per heavy atom. The van der Waals surface area contributed by atoms with Crippen LogP contribution in [0.2, 0.25) is 0 Å². The molecule has 1 aromatic rings. The summed E-state index contributed by atoms with van der Waals surface area (Å²) < 4.78 is 5.75. The molecule has 6 heteroatoms. The molecule has 3 rings (SSSR count). The molecule has 2 aliphatic heterocycles. The number of nitro benzene ring substituents is 1. The molecule has 1 saturated heterocycles. The van der Waals surface area contributed by atoms with Crippen LogP contribution in [-0.4, -0.2) is 40.4 Å². The lowest BCUT2D eigenvalue weighted by atomic mass is 9.91. The summed E-state index contributed by atoms with van der Waals surface area (Å²) in [6, 6.07) is 4.44. The first-order chi connectivity index (χ1) is 10.4. The Balaban J connectivity index is 1.92. The van der Waals surface area contributed by atoms with Gasteiger partial charge in [-0.1, -0.05) is 13.8 Å². The monoisotopic (exact) mass is 304 g/mol. The van der Waals surface area contributed by atoms with E-state index in [1.54, 1.807) is 6.07 Å². The summed E-state index contributed by atoms with van der Waals surface area (Å²) in [5.74, 6) is -0.241. The van der Waals surface area contributed by atoms with Crippen LogP contribution in [0, 0.1) is 16.0 Å². The minimum absolute atomic E-state index is 0.0273. The Kier molecular flexibility index (Phi) is 3.66. The lowest BCUT2D eigenvalue weighted by molar-refractivity contribution is -0.384. The predicted molar refractivity (Wildman–Crippen MR) is 82.5 cm³/mol. The van der Waals surface area contributed by atoms with Crippen LogP contribution < -0.4 is 4.74 Å². The second kappa shape index (κ2) is 5.37. The van der Waals surface area contributed by atoms with Crippen molar-refractivity contribution < 1.29 is 14.8 Å². The molecule has 0 radical (unpaired) electrons. The number of hydrogen-bond donors (Lipinski definition) is 1. The number of piperidine rings is 1. The van der Waals surface area contributed by atoms with Gasteiger partial charge in [0.15, 0.2) is 0 Å². The maximum absolute atomic E-state index is 10.9. The van der Waals surface area contributed by atoms with Crippen LogP contribution in [0.5, 0.6) is 5.75 Å². The van der Waals surface area contributed by atoms with Gasteiger partial charge in [0.05, 0.1) is 4.92 Å². The fourth-order valence-corrected chi connectivity index (χ4v) is 3.09. The van der Waals surface area contributed by atoms with Gasteiger partial charge in [0.25, 0.3) is 5.69 Å². The highest BCUT2D eigenvalue weighted by Gasteiger charge is 2.42. The van der Waals surface area contributed by atoms with Gasteiger partial charge in [-0.25, -0.2) is 0 Å². The molecule has 22 heavy (non-hydrogen) atoms. The highest BCUT2D eigenvalue weighted by Crippen LogP contribution is 2.40. The first-order valence-electron chi connectivity index (χ1n) is 7.50. The molecule has 2 aliphatic rings. The molecule has 1 aromatic carbocycles. The summed E-state index contributed by atoms with van der Waals surface area (Å²) in [5, 5.41) is 21.6. The quantitative estimate of drug-likeness (QED) is 0.685. The molecule has 0 aliphatic carbocycles. The lowest BCUT2D eigenvalue weighted by Gasteiger charge is -2.42. The number of nitro groups is 1. The maximum atomic E-state index is 10.9. The standard InChI is InChI=1S/C16H20N2O4/c1-11(2)9-17-6-5-16(19)13(10-17)7-12-8-14(18(20)21)3-4-15(12)22-16/h3-4,7-8,11,19H,5-6,9-10H2,1-2H3/t16-/m0/s1. The Morgan fingerprint density at radius 2 is 2.27 bits per heavy atom. The molecule has 1 atom stereocenters. The van der Waals surface area contributed by atoms with Crippen molar-refractivity contribution in [2.24, 2.45) is 5.92 Å². The van der Waals surface area contributed by atoms with Crippen LogP contribution in [0.1, 0.15) is 25.8 Å². The minimum Gasteiger partial charge on any atom is -0.458 e. The number of likely N-dealkylation sites (tertiary alicyclic amines) is 1. The Bertz CT molecular complexity index is 641. The van der Waals surface area contributed by atoms with Gasteiger partial charge in [0.1, 0.15) is 5.75 Å². The zero-order valence-corrected chi connectivity index (χ0v) is 12.8. The number of hydrogen-bond acceptors (Lipinski definition) is 5. The SMILES string of the molecule is CC(C)CN1CC[C@]2(O)Oc3ccc([N+](=O)[O-])cc3C=C2C1. The Labute approximate surface area is 129 Å². The third kappa shape index (κ3) is 2.71. The van der Waals surface area contributed by atoms with Crippen molar-refractivity contribution in [2.45, 2.75) is 26.1 Å². The summed E-state index contributed by atoms with van der Waals surface area (Å²) in [4.78, 5) is 12.7. The van der Waals surface area contributed by atoms with E-state index in [4.69, 9.17) is 4.74 Å². The van der Waals surface area contributed by atoms with Crippen molar-refractivity contribution in [3.63, 3.8) is 0 Å². The molecule has 2 heterocycles. The number of fused-ring (bicyclic) bond motifs is 2. The van der Waals surface area contributed by atoms with E-state index in [0.29, 0.717) is 30.2 Å². The molecule has 0 bridgehead atoms. The minimum atomic E-state index is -1.28. The Hall–Kier alpha value is -1.92. The second-order valence-electron chi connectivity index (χ2n) is 6.41. The van der Waals surface area contributed by atoms with Gasteiger partial charge in [-0.3, -0.25) is 15.0 Å². The van der Waals surface area contributed by atoms with E-state index < -0.39 is 10.7 Å². The number of non-ortho nitro benzene ring substituents is 1. The van der Waals surface area contributed by atoms with Gasteiger partial charge < -0.3 is 9.84 Å². The van der Waals surface area contributed by atoms with Gasteiger partial charge >= 0.3 is 0 Å². The van der Waals surface area contributed by atoms with Crippen LogP contribution in [0.25, 0.3) is 6.08 Å². The molecule has 0 spiro atoms. The molecule has 118 valence electrons.